The van der Waals surface area contributed by atoms with E-state index in [1.807, 2.05) is 6.07 Å². The second-order valence-corrected chi connectivity index (χ2v) is 6.70. The van der Waals surface area contributed by atoms with Crippen LogP contribution in [0.3, 0.4) is 0 Å². The number of terminal acetylenes is 1. The number of benzene rings is 1. The second kappa shape index (κ2) is 6.35. The van der Waals surface area contributed by atoms with Crippen LogP contribution in [0.5, 0.6) is 0 Å². The maximum Gasteiger partial charge on any atom is 0.384 e. The molecule has 0 spiro atoms. The van der Waals surface area contributed by atoms with E-state index in [1.165, 1.54) is 12.0 Å². The van der Waals surface area contributed by atoms with Crippen LogP contribution in [0, 0.1) is 24.2 Å². The topological polar surface area (TPSA) is 26.3 Å². The molecule has 0 aliphatic heterocycles. The highest BCUT2D eigenvalue weighted by Crippen LogP contribution is 2.43. The van der Waals surface area contributed by atoms with E-state index in [0.29, 0.717) is 11.8 Å². The molecule has 3 atom stereocenters. The molecule has 2 heteroatoms. The molecule has 1 aromatic carbocycles. The van der Waals surface area contributed by atoms with Crippen molar-refractivity contribution in [3.8, 4) is 12.3 Å². The van der Waals surface area contributed by atoms with Crippen LogP contribution in [0.4, 0.5) is 0 Å². The van der Waals surface area contributed by atoms with Gasteiger partial charge in [-0.15, -0.1) is 6.42 Å². The Morgan fingerprint density at radius 3 is 2.57 bits per heavy atom. The minimum atomic E-state index is -0.539. The monoisotopic (exact) mass is 284 g/mol. The Morgan fingerprint density at radius 1 is 1.29 bits per heavy atom. The summed E-state index contributed by atoms with van der Waals surface area (Å²) in [4.78, 5) is 11.5. The predicted octanol–water partition coefficient (Wildman–Crippen LogP) is 3.95. The highest BCUT2D eigenvalue weighted by molar-refractivity contribution is 5.87. The van der Waals surface area contributed by atoms with Crippen molar-refractivity contribution in [2.75, 3.05) is 0 Å². The van der Waals surface area contributed by atoms with E-state index in [4.69, 9.17) is 11.2 Å². The van der Waals surface area contributed by atoms with Crippen LogP contribution in [0.2, 0.25) is 0 Å². The van der Waals surface area contributed by atoms with Gasteiger partial charge in [0.1, 0.15) is 6.10 Å². The van der Waals surface area contributed by atoms with Crippen molar-refractivity contribution in [1.29, 1.82) is 0 Å². The third-order valence-corrected chi connectivity index (χ3v) is 4.87. The highest BCUT2D eigenvalue weighted by Gasteiger charge is 2.41. The van der Waals surface area contributed by atoms with Gasteiger partial charge in [0.25, 0.3) is 0 Å². The first-order chi connectivity index (χ1) is 9.95. The Hall–Kier alpha value is -1.75. The average Bonchev–Trinajstić information content (AvgIpc) is 2.48. The molecule has 0 aromatic heterocycles. The number of ether oxygens (including phenoxy) is 1. The van der Waals surface area contributed by atoms with Gasteiger partial charge in [0.15, 0.2) is 0 Å². The molecule has 0 unspecified atom stereocenters. The minimum absolute atomic E-state index is 0.0407. The molecular weight excluding hydrogens is 260 g/mol. The lowest BCUT2D eigenvalue weighted by atomic mass is 9.64. The first kappa shape index (κ1) is 15.6. The van der Waals surface area contributed by atoms with Crippen LogP contribution in [0.15, 0.2) is 30.3 Å². The van der Waals surface area contributed by atoms with Gasteiger partial charge in [-0.2, -0.15) is 0 Å². The molecular formula is C19H24O2. The number of esters is 1. The standard InChI is InChI=1S/C19H24O2/c1-5-18(20)21-17-13-14(2)11-12-16(17)19(3,4)15-9-7-6-8-10-15/h1,6-10,14,16-17H,11-13H2,2-4H3/t14-,16-,17-/m1/s1. The lowest BCUT2D eigenvalue weighted by Gasteiger charge is -2.43. The summed E-state index contributed by atoms with van der Waals surface area (Å²) in [7, 11) is 0. The van der Waals surface area contributed by atoms with Gasteiger partial charge in [0.05, 0.1) is 0 Å². The Balaban J connectivity index is 2.26. The second-order valence-electron chi connectivity index (χ2n) is 6.70. The lowest BCUT2D eigenvalue weighted by Crippen LogP contribution is -2.43. The normalized spacial score (nSPS) is 25.9. The fourth-order valence-corrected chi connectivity index (χ4v) is 3.54. The summed E-state index contributed by atoms with van der Waals surface area (Å²) in [6, 6.07) is 10.4. The van der Waals surface area contributed by atoms with Gasteiger partial charge in [-0.3, -0.25) is 0 Å². The predicted molar refractivity (Wildman–Crippen MR) is 84.7 cm³/mol. The third-order valence-electron chi connectivity index (χ3n) is 4.87. The van der Waals surface area contributed by atoms with E-state index in [2.05, 4.69) is 51.0 Å². The molecule has 2 nitrogen and oxygen atoms in total. The van der Waals surface area contributed by atoms with Crippen molar-refractivity contribution in [3.63, 3.8) is 0 Å². The molecule has 21 heavy (non-hydrogen) atoms. The van der Waals surface area contributed by atoms with E-state index < -0.39 is 5.97 Å². The SMILES string of the molecule is C#CC(=O)O[C@@H]1C[C@H](C)CC[C@H]1C(C)(C)c1ccccc1. The highest BCUT2D eigenvalue weighted by atomic mass is 16.5. The molecule has 1 aliphatic carbocycles. The van der Waals surface area contributed by atoms with Crippen molar-refractivity contribution in [1.82, 2.24) is 0 Å². The van der Waals surface area contributed by atoms with E-state index in [9.17, 15) is 4.79 Å². The van der Waals surface area contributed by atoms with Crippen LogP contribution in [0.25, 0.3) is 0 Å². The zero-order valence-electron chi connectivity index (χ0n) is 13.1. The number of carbonyl (C=O) groups excluding carboxylic acids is 1. The molecule has 0 saturated heterocycles. The fourth-order valence-electron chi connectivity index (χ4n) is 3.54. The summed E-state index contributed by atoms with van der Waals surface area (Å²) < 4.78 is 5.56. The number of hydrogen-bond donors (Lipinski definition) is 0. The van der Waals surface area contributed by atoms with Crippen molar-refractivity contribution in [2.45, 2.75) is 51.6 Å². The molecule has 1 saturated carbocycles. The van der Waals surface area contributed by atoms with E-state index in [0.717, 1.165) is 12.8 Å². The van der Waals surface area contributed by atoms with Gasteiger partial charge >= 0.3 is 5.97 Å². The Kier molecular flexibility index (Phi) is 4.73. The molecule has 1 aliphatic rings. The average molecular weight is 284 g/mol. The van der Waals surface area contributed by atoms with Crippen LogP contribution >= 0.6 is 0 Å². The molecule has 0 N–H and O–H groups in total. The summed E-state index contributed by atoms with van der Waals surface area (Å²) in [5.41, 5.74) is 1.24. The van der Waals surface area contributed by atoms with Gasteiger partial charge in [0.2, 0.25) is 0 Å². The van der Waals surface area contributed by atoms with Crippen molar-refractivity contribution in [2.24, 2.45) is 11.8 Å². The minimum Gasteiger partial charge on any atom is -0.452 e. The molecule has 112 valence electrons. The van der Waals surface area contributed by atoms with Gasteiger partial charge in [0, 0.05) is 11.8 Å². The molecule has 0 heterocycles. The molecule has 2 rings (SSSR count). The fraction of sp³-hybridized carbons (Fsp3) is 0.526. The zero-order chi connectivity index (χ0) is 15.5. The summed E-state index contributed by atoms with van der Waals surface area (Å²) >= 11 is 0. The maximum absolute atomic E-state index is 11.5. The quantitative estimate of drug-likeness (QED) is 0.477. The first-order valence-corrected chi connectivity index (χ1v) is 7.68. The summed E-state index contributed by atoms with van der Waals surface area (Å²) in [6.45, 7) is 6.68. The maximum atomic E-state index is 11.5. The summed E-state index contributed by atoms with van der Waals surface area (Å²) in [5, 5.41) is 0. The van der Waals surface area contributed by atoms with Gasteiger partial charge < -0.3 is 4.74 Å². The molecule has 0 amide bonds. The Labute approximate surface area is 127 Å². The third kappa shape index (κ3) is 3.47. The lowest BCUT2D eigenvalue weighted by molar-refractivity contribution is -0.149. The molecule has 0 radical (unpaired) electrons. The van der Waals surface area contributed by atoms with Crippen LogP contribution < -0.4 is 0 Å². The first-order valence-electron chi connectivity index (χ1n) is 7.68. The number of rotatable bonds is 3. The summed E-state index contributed by atoms with van der Waals surface area (Å²) in [6.07, 6.45) is 8.20. The molecule has 1 aromatic rings. The van der Waals surface area contributed by atoms with Crippen molar-refractivity contribution >= 4 is 5.97 Å². The van der Waals surface area contributed by atoms with Crippen LogP contribution in [-0.2, 0) is 14.9 Å². The molecule has 0 bridgehead atoms. The number of hydrogen-bond acceptors (Lipinski definition) is 2. The summed E-state index contributed by atoms with van der Waals surface area (Å²) in [5.74, 6) is 2.41. The van der Waals surface area contributed by atoms with Crippen LogP contribution in [0.1, 0.15) is 45.6 Å². The smallest absolute Gasteiger partial charge is 0.384 e. The van der Waals surface area contributed by atoms with E-state index in [-0.39, 0.29) is 11.5 Å². The van der Waals surface area contributed by atoms with Gasteiger partial charge in [-0.1, -0.05) is 57.5 Å². The Bertz CT molecular complexity index is 524. The van der Waals surface area contributed by atoms with E-state index >= 15 is 0 Å². The van der Waals surface area contributed by atoms with Gasteiger partial charge in [-0.25, -0.2) is 4.79 Å². The Morgan fingerprint density at radius 2 is 1.95 bits per heavy atom. The van der Waals surface area contributed by atoms with Crippen molar-refractivity contribution in [3.05, 3.63) is 35.9 Å². The zero-order valence-corrected chi connectivity index (χ0v) is 13.1. The van der Waals surface area contributed by atoms with E-state index in [1.54, 1.807) is 0 Å². The molecule has 1 fully saturated rings. The largest absolute Gasteiger partial charge is 0.452 e. The van der Waals surface area contributed by atoms with Crippen LogP contribution in [-0.4, -0.2) is 12.1 Å². The van der Waals surface area contributed by atoms with Gasteiger partial charge in [-0.05, 0) is 29.7 Å². The number of carbonyl (C=O) groups is 1. The van der Waals surface area contributed by atoms with Crippen molar-refractivity contribution < 1.29 is 9.53 Å².